The Morgan fingerprint density at radius 3 is 2.41 bits per heavy atom. The molecule has 2 aromatic carbocycles. The number of benzene rings is 2. The molecule has 0 unspecified atom stereocenters. The van der Waals surface area contributed by atoms with E-state index in [1.165, 1.54) is 12.3 Å². The van der Waals surface area contributed by atoms with Crippen molar-refractivity contribution in [1.82, 2.24) is 19.6 Å². The molecule has 1 aliphatic heterocycles. The number of aryl methyl sites for hydroxylation is 1. The highest BCUT2D eigenvalue weighted by molar-refractivity contribution is 7.90. The fourth-order valence-electron chi connectivity index (χ4n) is 4.21. The van der Waals surface area contributed by atoms with Crippen LogP contribution < -0.4 is 15.4 Å². The molecule has 1 aliphatic rings. The highest BCUT2D eigenvalue weighted by Crippen LogP contribution is 2.19. The summed E-state index contributed by atoms with van der Waals surface area (Å²) in [6.45, 7) is 3.84. The summed E-state index contributed by atoms with van der Waals surface area (Å²) in [5.74, 6) is 0.770. The van der Waals surface area contributed by atoms with Gasteiger partial charge in [-0.15, -0.1) is 0 Å². The van der Waals surface area contributed by atoms with Gasteiger partial charge in [-0.2, -0.15) is 4.98 Å². The smallest absolute Gasteiger partial charge is 0.240 e. The standard InChI is InChI=1S/C26H33FN6O4S2/c1-19-17-22(5-8-24(19)27)30-25-9-12-28-26(31-25)29-18-20-3-6-23(7-4-20)39(36,37)32-21-10-13-33(14-11-21)15-16-38(2,34)35/h3-9,12,17,21,32H,10-11,13-16,18H2,1-2H3,(H2,28,29,30,31). The minimum atomic E-state index is -3.68. The molecule has 0 amide bonds. The summed E-state index contributed by atoms with van der Waals surface area (Å²) in [6, 6.07) is 12.8. The third kappa shape index (κ3) is 8.68. The van der Waals surface area contributed by atoms with Crippen molar-refractivity contribution < 1.29 is 21.2 Å². The highest BCUT2D eigenvalue weighted by Gasteiger charge is 2.25. The normalized spacial score (nSPS) is 15.3. The molecule has 1 saturated heterocycles. The summed E-state index contributed by atoms with van der Waals surface area (Å²) in [5, 5.41) is 6.25. The van der Waals surface area contributed by atoms with Crippen molar-refractivity contribution in [2.24, 2.45) is 0 Å². The molecule has 10 nitrogen and oxygen atoms in total. The lowest BCUT2D eigenvalue weighted by molar-refractivity contribution is 0.218. The number of piperidine rings is 1. The van der Waals surface area contributed by atoms with E-state index in [1.54, 1.807) is 55.6 Å². The van der Waals surface area contributed by atoms with Crippen LogP contribution in [0.1, 0.15) is 24.0 Å². The Bertz CT molecular complexity index is 1490. The van der Waals surface area contributed by atoms with Gasteiger partial charge in [0.15, 0.2) is 0 Å². The lowest BCUT2D eigenvalue weighted by atomic mass is 10.1. The molecule has 4 rings (SSSR count). The quantitative estimate of drug-likeness (QED) is 0.315. The van der Waals surface area contributed by atoms with E-state index in [2.05, 4.69) is 25.3 Å². The lowest BCUT2D eigenvalue weighted by Gasteiger charge is -2.31. The van der Waals surface area contributed by atoms with E-state index < -0.39 is 19.9 Å². The predicted octanol–water partition coefficient (Wildman–Crippen LogP) is 3.07. The maximum atomic E-state index is 13.5. The van der Waals surface area contributed by atoms with Crippen LogP contribution in [0, 0.1) is 12.7 Å². The monoisotopic (exact) mass is 576 g/mol. The molecule has 1 aromatic heterocycles. The van der Waals surface area contributed by atoms with Crippen LogP contribution in [0.3, 0.4) is 0 Å². The summed E-state index contributed by atoms with van der Waals surface area (Å²) in [4.78, 5) is 10.9. The van der Waals surface area contributed by atoms with Gasteiger partial charge in [0.25, 0.3) is 0 Å². The lowest BCUT2D eigenvalue weighted by Crippen LogP contribution is -2.45. The van der Waals surface area contributed by atoms with Gasteiger partial charge in [-0.05, 0) is 80.4 Å². The molecule has 2 heterocycles. The van der Waals surface area contributed by atoms with Gasteiger partial charge in [0.2, 0.25) is 16.0 Å². The summed E-state index contributed by atoms with van der Waals surface area (Å²) < 4.78 is 64.8. The zero-order valence-electron chi connectivity index (χ0n) is 21.9. The fourth-order valence-corrected chi connectivity index (χ4v) is 6.10. The average molecular weight is 577 g/mol. The average Bonchev–Trinajstić information content (AvgIpc) is 2.89. The van der Waals surface area contributed by atoms with Gasteiger partial charge in [-0.25, -0.2) is 30.9 Å². The van der Waals surface area contributed by atoms with Gasteiger partial charge < -0.3 is 15.5 Å². The molecule has 1 fully saturated rings. The summed E-state index contributed by atoms with van der Waals surface area (Å²) in [5.41, 5.74) is 2.09. The van der Waals surface area contributed by atoms with Gasteiger partial charge in [-0.1, -0.05) is 12.1 Å². The molecular weight excluding hydrogens is 543 g/mol. The van der Waals surface area contributed by atoms with Gasteiger partial charge in [0.1, 0.15) is 21.5 Å². The van der Waals surface area contributed by atoms with Crippen LogP contribution >= 0.6 is 0 Å². The number of sulfone groups is 1. The van der Waals surface area contributed by atoms with Crippen molar-refractivity contribution >= 4 is 37.3 Å². The number of aromatic nitrogens is 2. The summed E-state index contributed by atoms with van der Waals surface area (Å²) in [6.07, 6.45) is 4.07. The number of nitrogens with zero attached hydrogens (tertiary/aromatic N) is 3. The first-order valence-electron chi connectivity index (χ1n) is 12.6. The molecule has 210 valence electrons. The van der Waals surface area contributed by atoms with Crippen molar-refractivity contribution in [2.75, 3.05) is 42.3 Å². The number of anilines is 3. The first-order chi connectivity index (χ1) is 18.5. The van der Waals surface area contributed by atoms with E-state index in [9.17, 15) is 21.2 Å². The number of sulfonamides is 1. The molecule has 0 radical (unpaired) electrons. The van der Waals surface area contributed by atoms with E-state index in [0.717, 1.165) is 5.56 Å². The fraction of sp³-hybridized carbons (Fsp3) is 0.385. The van der Waals surface area contributed by atoms with Crippen LogP contribution in [0.5, 0.6) is 0 Å². The Morgan fingerprint density at radius 1 is 1.03 bits per heavy atom. The minimum absolute atomic E-state index is 0.106. The number of halogens is 1. The van der Waals surface area contributed by atoms with Crippen LogP contribution in [0.25, 0.3) is 0 Å². The Kier molecular flexibility index (Phi) is 9.15. The highest BCUT2D eigenvalue weighted by atomic mass is 32.2. The van der Waals surface area contributed by atoms with E-state index >= 15 is 0 Å². The van der Waals surface area contributed by atoms with Crippen molar-refractivity contribution in [3.8, 4) is 0 Å². The zero-order chi connectivity index (χ0) is 28.0. The number of rotatable bonds is 11. The van der Waals surface area contributed by atoms with E-state index in [0.29, 0.717) is 62.0 Å². The Hall–Kier alpha value is -3.13. The molecule has 0 atom stereocenters. The first kappa shape index (κ1) is 28.9. The second-order valence-electron chi connectivity index (χ2n) is 9.72. The van der Waals surface area contributed by atoms with Crippen molar-refractivity contribution in [3.63, 3.8) is 0 Å². The predicted molar refractivity (Wildman–Crippen MR) is 150 cm³/mol. The van der Waals surface area contributed by atoms with Crippen molar-refractivity contribution in [3.05, 3.63) is 71.7 Å². The van der Waals surface area contributed by atoms with Gasteiger partial charge in [-0.3, -0.25) is 0 Å². The van der Waals surface area contributed by atoms with Gasteiger partial charge in [0, 0.05) is 37.3 Å². The third-order valence-corrected chi connectivity index (χ3v) is 8.92. The molecule has 0 bridgehead atoms. The van der Waals surface area contributed by atoms with Crippen LogP contribution in [0.4, 0.5) is 21.8 Å². The number of hydrogen-bond acceptors (Lipinski definition) is 9. The first-order valence-corrected chi connectivity index (χ1v) is 16.1. The summed E-state index contributed by atoms with van der Waals surface area (Å²) >= 11 is 0. The van der Waals surface area contributed by atoms with Crippen LogP contribution in [-0.4, -0.2) is 69.4 Å². The maximum Gasteiger partial charge on any atom is 0.240 e. The summed E-state index contributed by atoms with van der Waals surface area (Å²) in [7, 11) is -6.70. The molecule has 0 spiro atoms. The Balaban J connectivity index is 1.28. The number of nitrogens with one attached hydrogen (secondary N) is 3. The van der Waals surface area contributed by atoms with Crippen molar-refractivity contribution in [1.29, 1.82) is 0 Å². The Labute approximate surface area is 229 Å². The molecular formula is C26H33FN6O4S2. The van der Waals surface area contributed by atoms with Crippen LogP contribution in [-0.2, 0) is 26.4 Å². The minimum Gasteiger partial charge on any atom is -0.350 e. The Morgan fingerprint density at radius 2 is 1.74 bits per heavy atom. The SMILES string of the molecule is Cc1cc(Nc2ccnc(NCc3ccc(S(=O)(=O)NC4CCN(CCS(C)(=O)=O)CC4)cc3)n2)ccc1F. The van der Waals surface area contributed by atoms with E-state index in [-0.39, 0.29) is 22.5 Å². The van der Waals surface area contributed by atoms with Crippen molar-refractivity contribution in [2.45, 2.75) is 37.2 Å². The molecule has 39 heavy (non-hydrogen) atoms. The molecule has 0 aliphatic carbocycles. The number of hydrogen-bond donors (Lipinski definition) is 3. The van der Waals surface area contributed by atoms with E-state index in [1.807, 2.05) is 4.90 Å². The second kappa shape index (κ2) is 12.4. The zero-order valence-corrected chi connectivity index (χ0v) is 23.5. The maximum absolute atomic E-state index is 13.5. The van der Waals surface area contributed by atoms with Gasteiger partial charge >= 0.3 is 0 Å². The second-order valence-corrected chi connectivity index (χ2v) is 13.7. The van der Waals surface area contributed by atoms with Crippen LogP contribution in [0.2, 0.25) is 0 Å². The molecule has 0 saturated carbocycles. The van der Waals surface area contributed by atoms with Gasteiger partial charge in [0.05, 0.1) is 10.6 Å². The number of likely N-dealkylation sites (tertiary alicyclic amines) is 1. The molecule has 13 heteroatoms. The van der Waals surface area contributed by atoms with E-state index in [4.69, 9.17) is 0 Å². The largest absolute Gasteiger partial charge is 0.350 e. The van der Waals surface area contributed by atoms with Crippen LogP contribution in [0.15, 0.2) is 59.6 Å². The topological polar surface area (TPSA) is 133 Å². The molecule has 3 aromatic rings. The molecule has 3 N–H and O–H groups in total. The third-order valence-electron chi connectivity index (χ3n) is 6.46.